The number of benzene rings is 1. The molecule has 56 valence electrons. The second-order valence-corrected chi connectivity index (χ2v) is 2.90. The van der Waals surface area contributed by atoms with Crippen molar-refractivity contribution in [3.63, 3.8) is 0 Å². The van der Waals surface area contributed by atoms with Gasteiger partial charge in [-0.05, 0) is 6.07 Å². The van der Waals surface area contributed by atoms with Gasteiger partial charge in [0.15, 0.2) is 5.75 Å². The second-order valence-electron chi connectivity index (χ2n) is 2.41. The molecule has 0 radical (unpaired) electrons. The van der Waals surface area contributed by atoms with E-state index in [4.69, 9.17) is 17.1 Å². The summed E-state index contributed by atoms with van der Waals surface area (Å²) in [6, 6.07) is 7.86. The Hall–Kier alpha value is -1.09. The molecule has 0 unspecified atom stereocenters. The number of fused-ring (bicyclic) bond motifs is 1. The van der Waals surface area contributed by atoms with Gasteiger partial charge < -0.3 is 4.84 Å². The van der Waals surface area contributed by atoms with Crippen molar-refractivity contribution in [1.82, 2.24) is 5.48 Å². The highest BCUT2D eigenvalue weighted by Gasteiger charge is 2.11. The van der Waals surface area contributed by atoms with Crippen molar-refractivity contribution in [3.8, 4) is 5.75 Å². The van der Waals surface area contributed by atoms with Gasteiger partial charge in [-0.2, -0.15) is 0 Å². The van der Waals surface area contributed by atoms with Crippen molar-refractivity contribution in [1.29, 1.82) is 0 Å². The summed E-state index contributed by atoms with van der Waals surface area (Å²) in [5.41, 5.74) is 3.82. The topological polar surface area (TPSA) is 21.3 Å². The van der Waals surface area contributed by atoms with E-state index in [0.717, 1.165) is 22.7 Å². The van der Waals surface area contributed by atoms with Gasteiger partial charge in [0.1, 0.15) is 4.99 Å². The van der Waals surface area contributed by atoms with Gasteiger partial charge in [-0.15, -0.1) is 0 Å². The van der Waals surface area contributed by atoms with E-state index in [1.54, 1.807) is 0 Å². The highest BCUT2D eigenvalue weighted by Crippen LogP contribution is 2.20. The van der Waals surface area contributed by atoms with Gasteiger partial charge in [0.2, 0.25) is 0 Å². The van der Waals surface area contributed by atoms with Crippen LogP contribution in [0.25, 0.3) is 0 Å². The van der Waals surface area contributed by atoms with Crippen LogP contribution in [-0.4, -0.2) is 4.99 Å². The normalized spacial score (nSPS) is 14.7. The van der Waals surface area contributed by atoms with E-state index < -0.39 is 0 Å². The molecule has 0 aromatic heterocycles. The van der Waals surface area contributed by atoms with E-state index in [2.05, 4.69) is 5.48 Å². The Kier molecular flexibility index (Phi) is 1.51. The molecular formula is C8H7NOS. The lowest BCUT2D eigenvalue weighted by atomic mass is 10.1. The first-order valence-electron chi connectivity index (χ1n) is 3.40. The third kappa shape index (κ3) is 1.19. The van der Waals surface area contributed by atoms with E-state index in [0.29, 0.717) is 0 Å². The first-order valence-corrected chi connectivity index (χ1v) is 3.81. The minimum absolute atomic E-state index is 0.740. The van der Waals surface area contributed by atoms with Gasteiger partial charge >= 0.3 is 0 Å². The van der Waals surface area contributed by atoms with Crippen molar-refractivity contribution in [2.24, 2.45) is 0 Å². The van der Waals surface area contributed by atoms with E-state index in [-0.39, 0.29) is 0 Å². The molecule has 1 heterocycles. The van der Waals surface area contributed by atoms with Crippen LogP contribution in [0.15, 0.2) is 24.3 Å². The van der Waals surface area contributed by atoms with Crippen LogP contribution in [0.4, 0.5) is 0 Å². The molecule has 0 fully saturated rings. The first-order chi connectivity index (χ1) is 5.36. The lowest BCUT2D eigenvalue weighted by molar-refractivity contribution is 0.252. The Bertz CT molecular complexity index is 298. The number of thiocarbonyl (C=S) groups is 1. The van der Waals surface area contributed by atoms with Gasteiger partial charge in [-0.1, -0.05) is 30.4 Å². The first kappa shape index (κ1) is 6.61. The minimum atomic E-state index is 0.740. The summed E-state index contributed by atoms with van der Waals surface area (Å²) in [5, 5.41) is 0. The SMILES string of the molecule is S=C1Cc2ccccc2ON1. The average Bonchev–Trinajstić information content (AvgIpc) is 2.04. The molecule has 0 atom stereocenters. The number of hydrogen-bond acceptors (Lipinski definition) is 2. The molecule has 1 aliphatic rings. The Morgan fingerprint density at radius 3 is 3.09 bits per heavy atom. The van der Waals surface area contributed by atoms with E-state index >= 15 is 0 Å². The van der Waals surface area contributed by atoms with Crippen LogP contribution in [0.5, 0.6) is 5.75 Å². The number of hydroxylamine groups is 1. The smallest absolute Gasteiger partial charge is 0.158 e. The summed E-state index contributed by atoms with van der Waals surface area (Å²) in [7, 11) is 0. The number of para-hydroxylation sites is 1. The Morgan fingerprint density at radius 2 is 2.18 bits per heavy atom. The van der Waals surface area contributed by atoms with E-state index in [1.807, 2.05) is 24.3 Å². The summed E-state index contributed by atoms with van der Waals surface area (Å²) < 4.78 is 0. The number of rotatable bonds is 0. The van der Waals surface area contributed by atoms with Crippen LogP contribution < -0.4 is 10.3 Å². The maximum absolute atomic E-state index is 5.14. The Balaban J connectivity index is 2.41. The van der Waals surface area contributed by atoms with Crippen LogP contribution >= 0.6 is 12.2 Å². The number of hydrogen-bond donors (Lipinski definition) is 1. The summed E-state index contributed by atoms with van der Waals surface area (Å²) in [4.78, 5) is 5.88. The van der Waals surface area contributed by atoms with Gasteiger partial charge in [0, 0.05) is 12.0 Å². The summed E-state index contributed by atoms with van der Waals surface area (Å²) in [6.07, 6.45) is 0.783. The third-order valence-corrected chi connectivity index (χ3v) is 1.83. The van der Waals surface area contributed by atoms with Crippen LogP contribution in [0, 0.1) is 0 Å². The summed E-state index contributed by atoms with van der Waals surface area (Å²) in [5.74, 6) is 0.876. The molecule has 0 aliphatic carbocycles. The van der Waals surface area contributed by atoms with Crippen LogP contribution in [0.2, 0.25) is 0 Å². The molecule has 1 aromatic rings. The average molecular weight is 165 g/mol. The van der Waals surface area contributed by atoms with Gasteiger partial charge in [0.25, 0.3) is 0 Å². The van der Waals surface area contributed by atoms with Crippen molar-refractivity contribution >= 4 is 17.2 Å². The predicted octanol–water partition coefficient (Wildman–Crippen LogP) is 1.45. The molecular weight excluding hydrogens is 158 g/mol. The quantitative estimate of drug-likeness (QED) is 0.588. The standard InChI is InChI=1S/C8H7NOS/c11-8-5-6-3-1-2-4-7(6)10-9-8/h1-4H,5H2,(H,9,11). The minimum Gasteiger partial charge on any atom is -0.381 e. The van der Waals surface area contributed by atoms with Crippen LogP contribution in [0.1, 0.15) is 5.56 Å². The van der Waals surface area contributed by atoms with Crippen molar-refractivity contribution in [2.75, 3.05) is 0 Å². The van der Waals surface area contributed by atoms with Gasteiger partial charge in [0.05, 0.1) is 0 Å². The maximum atomic E-state index is 5.14. The van der Waals surface area contributed by atoms with Crippen LogP contribution in [-0.2, 0) is 6.42 Å². The largest absolute Gasteiger partial charge is 0.381 e. The van der Waals surface area contributed by atoms with Crippen molar-refractivity contribution in [2.45, 2.75) is 6.42 Å². The number of nitrogens with one attached hydrogen (secondary N) is 1. The molecule has 2 rings (SSSR count). The maximum Gasteiger partial charge on any atom is 0.158 e. The molecule has 11 heavy (non-hydrogen) atoms. The molecule has 0 amide bonds. The Labute approximate surface area is 70.1 Å². The fraction of sp³-hybridized carbons (Fsp3) is 0.125. The molecule has 1 aliphatic heterocycles. The zero-order valence-corrected chi connectivity index (χ0v) is 6.65. The van der Waals surface area contributed by atoms with Crippen molar-refractivity contribution in [3.05, 3.63) is 29.8 Å². The summed E-state index contributed by atoms with van der Waals surface area (Å²) in [6.45, 7) is 0. The molecule has 1 aromatic carbocycles. The third-order valence-electron chi connectivity index (χ3n) is 1.60. The lowest BCUT2D eigenvalue weighted by Crippen LogP contribution is -2.31. The molecule has 0 saturated carbocycles. The molecule has 0 spiro atoms. The van der Waals surface area contributed by atoms with E-state index in [1.165, 1.54) is 0 Å². The molecule has 2 nitrogen and oxygen atoms in total. The highest BCUT2D eigenvalue weighted by molar-refractivity contribution is 7.80. The fourth-order valence-corrected chi connectivity index (χ4v) is 1.27. The predicted molar refractivity (Wildman–Crippen MR) is 46.5 cm³/mol. The van der Waals surface area contributed by atoms with E-state index in [9.17, 15) is 0 Å². The zero-order valence-electron chi connectivity index (χ0n) is 5.83. The van der Waals surface area contributed by atoms with Gasteiger partial charge in [-0.25, -0.2) is 5.48 Å². The molecule has 3 heteroatoms. The van der Waals surface area contributed by atoms with Crippen molar-refractivity contribution < 1.29 is 4.84 Å². The highest BCUT2D eigenvalue weighted by atomic mass is 32.1. The monoisotopic (exact) mass is 165 g/mol. The molecule has 0 bridgehead atoms. The van der Waals surface area contributed by atoms with Gasteiger partial charge in [-0.3, -0.25) is 0 Å². The second kappa shape index (κ2) is 2.51. The fourth-order valence-electron chi connectivity index (χ4n) is 1.07. The zero-order chi connectivity index (χ0) is 7.68. The molecule has 0 saturated heterocycles. The van der Waals surface area contributed by atoms with Crippen LogP contribution in [0.3, 0.4) is 0 Å². The summed E-state index contributed by atoms with van der Waals surface area (Å²) >= 11 is 4.95. The lowest BCUT2D eigenvalue weighted by Gasteiger charge is -2.17. The molecule has 1 N–H and O–H groups in total. The Morgan fingerprint density at radius 1 is 1.36 bits per heavy atom.